The van der Waals surface area contributed by atoms with Crippen molar-refractivity contribution in [3.05, 3.63) is 101 Å². The number of piperidine rings is 2. The van der Waals surface area contributed by atoms with Gasteiger partial charge in [-0.1, -0.05) is 18.2 Å². The first-order chi connectivity index (χ1) is 31.9. The minimum Gasteiger partial charge on any atom is -0.457 e. The van der Waals surface area contributed by atoms with Crippen LogP contribution in [0.15, 0.2) is 84.2 Å². The van der Waals surface area contributed by atoms with E-state index in [0.717, 1.165) is 74.9 Å². The molecule has 9 rings (SSSR count). The Balaban J connectivity index is 0.697. The van der Waals surface area contributed by atoms with Crippen LogP contribution in [0.3, 0.4) is 0 Å². The summed E-state index contributed by atoms with van der Waals surface area (Å²) in [5.74, 6) is 0.285. The summed E-state index contributed by atoms with van der Waals surface area (Å²) in [6.07, 6.45) is 8.63. The van der Waals surface area contributed by atoms with Crippen LogP contribution in [-0.4, -0.2) is 113 Å². The maximum atomic E-state index is 13.7. The number of primary amides is 1. The molecule has 2 saturated carbocycles. The van der Waals surface area contributed by atoms with Crippen LogP contribution in [0, 0.1) is 23.2 Å². The topological polar surface area (TPSA) is 219 Å². The summed E-state index contributed by atoms with van der Waals surface area (Å²) in [5.41, 5.74) is 7.91. The van der Waals surface area contributed by atoms with Gasteiger partial charge in [0.25, 0.3) is 17.7 Å². The molecule has 7 N–H and O–H groups in total. The van der Waals surface area contributed by atoms with Crippen LogP contribution < -0.4 is 31.7 Å². The van der Waals surface area contributed by atoms with Crippen molar-refractivity contribution in [2.24, 2.45) is 23.5 Å². The van der Waals surface area contributed by atoms with Gasteiger partial charge in [0.2, 0.25) is 17.7 Å². The molecule has 346 valence electrons. The Morgan fingerprint density at radius 3 is 2.24 bits per heavy atom. The molecule has 2 atom stereocenters. The van der Waals surface area contributed by atoms with E-state index in [0.29, 0.717) is 60.4 Å². The lowest BCUT2D eigenvalue weighted by atomic mass is 9.77. The largest absolute Gasteiger partial charge is 0.457 e. The molecule has 2 aliphatic carbocycles. The fourth-order valence-electron chi connectivity index (χ4n) is 10.8. The van der Waals surface area contributed by atoms with E-state index >= 15 is 0 Å². The number of rotatable bonds is 13. The van der Waals surface area contributed by atoms with Gasteiger partial charge in [-0.2, -0.15) is 0 Å². The highest BCUT2D eigenvalue weighted by Crippen LogP contribution is 2.37. The van der Waals surface area contributed by atoms with Crippen LogP contribution in [0.2, 0.25) is 0 Å². The quantitative estimate of drug-likeness (QED) is 0.0797. The van der Waals surface area contributed by atoms with Gasteiger partial charge >= 0.3 is 0 Å². The molecule has 0 radical (unpaired) electrons. The van der Waals surface area contributed by atoms with Crippen LogP contribution in [0.5, 0.6) is 11.5 Å². The zero-order valence-electron chi connectivity index (χ0n) is 37.4. The number of fused-ring (bicyclic) bond motifs is 1. The first-order valence-corrected chi connectivity index (χ1v) is 23.5. The monoisotopic (exact) mass is 897 g/mol. The molecule has 0 aromatic heterocycles. The van der Waals surface area contributed by atoms with Gasteiger partial charge < -0.3 is 36.2 Å². The minimum absolute atomic E-state index is 0.0342. The summed E-state index contributed by atoms with van der Waals surface area (Å²) >= 11 is 0. The number of nitrogens with one attached hydrogen (secondary N) is 5. The molecule has 0 bridgehead atoms. The van der Waals surface area contributed by atoms with Gasteiger partial charge in [-0.25, -0.2) is 0 Å². The van der Waals surface area contributed by atoms with Gasteiger partial charge in [-0.05, 0) is 138 Å². The number of nitrogens with two attached hydrogens (primary N) is 1. The summed E-state index contributed by atoms with van der Waals surface area (Å²) in [7, 11) is 2.18. The van der Waals surface area contributed by atoms with Crippen LogP contribution in [0.4, 0.5) is 5.69 Å². The first kappa shape index (κ1) is 44.6. The average molecular weight is 898 g/mol. The van der Waals surface area contributed by atoms with Gasteiger partial charge in [-0.15, -0.1) is 0 Å². The number of ether oxygens (including phenoxy) is 1. The second-order valence-electron chi connectivity index (χ2n) is 18.9. The summed E-state index contributed by atoms with van der Waals surface area (Å²) in [5, 5.41) is 21.6. The van der Waals surface area contributed by atoms with E-state index in [9.17, 15) is 28.8 Å². The second-order valence-corrected chi connectivity index (χ2v) is 18.9. The third-order valence-electron chi connectivity index (χ3n) is 14.7. The van der Waals surface area contributed by atoms with Crippen molar-refractivity contribution < 1.29 is 33.5 Å². The van der Waals surface area contributed by atoms with E-state index in [1.807, 2.05) is 41.3 Å². The zero-order chi connectivity index (χ0) is 46.1. The summed E-state index contributed by atoms with van der Waals surface area (Å²) in [4.78, 5) is 82.4. The number of para-hydroxylation sites is 1. The smallest absolute Gasteiger partial charge is 0.262 e. The van der Waals surface area contributed by atoms with E-state index in [1.54, 1.807) is 36.4 Å². The van der Waals surface area contributed by atoms with E-state index in [1.165, 1.54) is 0 Å². The molecule has 66 heavy (non-hydrogen) atoms. The van der Waals surface area contributed by atoms with Gasteiger partial charge in [0.05, 0.1) is 16.8 Å². The molecular formula is C50H59N9O7. The summed E-state index contributed by atoms with van der Waals surface area (Å²) in [6.45, 7) is 3.05. The third-order valence-corrected chi connectivity index (χ3v) is 14.7. The highest BCUT2D eigenvalue weighted by atomic mass is 16.5. The normalized spacial score (nSPS) is 26.4. The highest BCUT2D eigenvalue weighted by Gasteiger charge is 2.45. The first-order valence-electron chi connectivity index (χ1n) is 23.5. The van der Waals surface area contributed by atoms with Gasteiger partial charge in [-0.3, -0.25) is 44.4 Å². The Kier molecular flexibility index (Phi) is 12.9. The fraction of sp³-hybridized carbons (Fsp3) is 0.460. The Morgan fingerprint density at radius 1 is 0.848 bits per heavy atom. The van der Waals surface area contributed by atoms with Crippen LogP contribution in [-0.2, 0) is 19.2 Å². The molecular weight excluding hydrogens is 839 g/mol. The molecule has 16 heteroatoms. The Labute approximate surface area is 384 Å². The van der Waals surface area contributed by atoms with E-state index in [4.69, 9.17) is 15.9 Å². The Morgan fingerprint density at radius 2 is 1.55 bits per heavy atom. The molecule has 4 aliphatic heterocycles. The van der Waals surface area contributed by atoms with Crippen LogP contribution >= 0.6 is 0 Å². The predicted molar refractivity (Wildman–Crippen MR) is 246 cm³/mol. The second kappa shape index (κ2) is 19.1. The molecule has 3 saturated heterocycles. The molecule has 16 nitrogen and oxygen atoms in total. The maximum absolute atomic E-state index is 13.7. The molecule has 6 aliphatic rings. The fourth-order valence-corrected chi connectivity index (χ4v) is 10.8. The van der Waals surface area contributed by atoms with Crippen molar-refractivity contribution in [2.45, 2.75) is 94.8 Å². The standard InChI is InChI=1S/C50H59N9O7/c1-57(28-29-7-11-33(12-8-29)54-34-13-16-38-39(27-34)50(65)59(49(38)64)41-17-18-42(60)56-47(41)62)35-25-32(26-35)48(63)58-23-20-30(21-24-58)40-19-22-53-46(55-40)43(45(52)61)44(51)31-9-14-37(15-10-31)66-36-5-3-2-4-6-36/h2-6,9-10,13-16,27,29-30,32-33,35,40-41,51,53-55H,7-8,11-12,17-26,28H2,1H3,(H2,52,61)(H,56,60,62)/b46-43+,51-44?/t29?,32?,33?,35?,40-,41?/m0/s1. The molecule has 3 aromatic rings. The maximum Gasteiger partial charge on any atom is 0.262 e. The predicted octanol–water partition coefficient (Wildman–Crippen LogP) is 4.52. The van der Waals surface area contributed by atoms with Crippen molar-refractivity contribution >= 4 is 46.8 Å². The molecule has 1 unspecified atom stereocenters. The zero-order valence-corrected chi connectivity index (χ0v) is 37.4. The molecule has 4 heterocycles. The number of anilines is 1. The van der Waals surface area contributed by atoms with E-state index in [2.05, 4.69) is 33.2 Å². The van der Waals surface area contributed by atoms with Crippen LogP contribution in [0.1, 0.15) is 96.9 Å². The van der Waals surface area contributed by atoms with Crippen molar-refractivity contribution in [2.75, 3.05) is 38.5 Å². The lowest BCUT2D eigenvalue weighted by Crippen LogP contribution is -2.54. The Bertz CT molecular complexity index is 2420. The molecule has 3 aromatic carbocycles. The SMILES string of the molecule is CN(CC1CCC(Nc2ccc3c(c2)C(=O)N(C2CCC(=O)NC2=O)C3=O)CC1)C1CC(C(=O)N2CCC([C@@H]3CCN/C(=C(/C(=N)c4ccc(Oc5ccccc5)cc4)C(N)=O)N3)CC2)C1. The lowest BCUT2D eigenvalue weighted by molar-refractivity contribution is -0.142. The molecule has 6 amide bonds. The number of amides is 6. The molecule has 0 spiro atoms. The summed E-state index contributed by atoms with van der Waals surface area (Å²) < 4.78 is 5.90. The van der Waals surface area contributed by atoms with E-state index in [-0.39, 0.29) is 59.2 Å². The lowest BCUT2D eigenvalue weighted by Gasteiger charge is -2.45. The summed E-state index contributed by atoms with van der Waals surface area (Å²) in [6, 6.07) is 21.4. The number of hydrogen-bond donors (Lipinski definition) is 6. The number of benzene rings is 3. The number of carbonyl (C=O) groups is 6. The van der Waals surface area contributed by atoms with Crippen LogP contribution in [0.25, 0.3) is 0 Å². The number of imide groups is 2. The Hall–Kier alpha value is -6.55. The van der Waals surface area contributed by atoms with Crippen molar-refractivity contribution in [1.29, 1.82) is 5.41 Å². The molecule has 5 fully saturated rings. The van der Waals surface area contributed by atoms with E-state index < -0.39 is 35.6 Å². The van der Waals surface area contributed by atoms with Crippen molar-refractivity contribution in [1.82, 2.24) is 30.7 Å². The van der Waals surface area contributed by atoms with Gasteiger partial charge in [0.15, 0.2) is 0 Å². The minimum atomic E-state index is -0.985. The number of hydrogen-bond acceptors (Lipinski definition) is 12. The highest BCUT2D eigenvalue weighted by molar-refractivity contribution is 6.27. The van der Waals surface area contributed by atoms with Gasteiger partial charge in [0, 0.05) is 67.9 Å². The third kappa shape index (κ3) is 9.41. The average Bonchev–Trinajstić information content (AvgIpc) is 3.54. The number of nitrogens with zero attached hydrogens (tertiary/aromatic N) is 3. The van der Waals surface area contributed by atoms with Crippen molar-refractivity contribution in [3.63, 3.8) is 0 Å². The number of likely N-dealkylation sites (tertiary alicyclic amines) is 1. The van der Waals surface area contributed by atoms with Crippen molar-refractivity contribution in [3.8, 4) is 11.5 Å². The number of carbonyl (C=O) groups excluding carboxylic acids is 6. The van der Waals surface area contributed by atoms with Gasteiger partial charge in [0.1, 0.15) is 28.9 Å².